The van der Waals surface area contributed by atoms with Crippen LogP contribution in [0.4, 0.5) is 5.69 Å². The highest BCUT2D eigenvalue weighted by molar-refractivity contribution is 6.10. The van der Waals surface area contributed by atoms with Crippen LogP contribution in [-0.2, 0) is 0 Å². The summed E-state index contributed by atoms with van der Waals surface area (Å²) in [6.45, 7) is 3.74. The van der Waals surface area contributed by atoms with Crippen LogP contribution in [0, 0.1) is 36.5 Å². The predicted molar refractivity (Wildman–Crippen MR) is 80.3 cm³/mol. The molecule has 0 aliphatic rings. The maximum Gasteiger partial charge on any atom is 0.322 e. The summed E-state index contributed by atoms with van der Waals surface area (Å²) in [7, 11) is 0. The van der Waals surface area contributed by atoms with E-state index in [1.54, 1.807) is 36.4 Å². The number of anilines is 1. The van der Waals surface area contributed by atoms with E-state index < -0.39 is 0 Å². The fraction of sp³-hybridized carbons (Fsp3) is 0.133. The molecular formula is C15H12N6O. The summed E-state index contributed by atoms with van der Waals surface area (Å²) in [6, 6.07) is 12.3. The van der Waals surface area contributed by atoms with Crippen molar-refractivity contribution < 1.29 is 4.74 Å². The van der Waals surface area contributed by atoms with Gasteiger partial charge in [0, 0.05) is 11.4 Å². The number of aryl methyl sites for hydroxylation is 2. The third kappa shape index (κ3) is 4.02. The SMILES string of the molecule is Cc1cc(C)nc(Oc2ccc(NN=C(C#N)C#N)cc2)n1. The van der Waals surface area contributed by atoms with E-state index >= 15 is 0 Å². The van der Waals surface area contributed by atoms with E-state index in [1.807, 2.05) is 19.9 Å². The van der Waals surface area contributed by atoms with Crippen LogP contribution < -0.4 is 10.2 Å². The first-order valence-electron chi connectivity index (χ1n) is 6.35. The molecule has 0 bridgehead atoms. The summed E-state index contributed by atoms with van der Waals surface area (Å²) in [5.41, 5.74) is 4.65. The lowest BCUT2D eigenvalue weighted by Crippen LogP contribution is -1.97. The van der Waals surface area contributed by atoms with E-state index in [9.17, 15) is 0 Å². The van der Waals surface area contributed by atoms with E-state index in [2.05, 4.69) is 20.5 Å². The minimum absolute atomic E-state index is 0.246. The Hall–Kier alpha value is -3.45. The van der Waals surface area contributed by atoms with E-state index in [1.165, 1.54) is 0 Å². The number of hydrogen-bond acceptors (Lipinski definition) is 7. The molecule has 7 nitrogen and oxygen atoms in total. The van der Waals surface area contributed by atoms with Crippen LogP contribution in [0.15, 0.2) is 35.4 Å². The van der Waals surface area contributed by atoms with Crippen molar-refractivity contribution in [3.05, 3.63) is 41.7 Å². The predicted octanol–water partition coefficient (Wildman–Crippen LogP) is 2.70. The van der Waals surface area contributed by atoms with Crippen LogP contribution in [0.1, 0.15) is 11.4 Å². The lowest BCUT2D eigenvalue weighted by molar-refractivity contribution is 0.439. The van der Waals surface area contributed by atoms with Gasteiger partial charge < -0.3 is 4.74 Å². The minimum atomic E-state index is -0.246. The Balaban J connectivity index is 2.08. The highest BCUT2D eigenvalue weighted by atomic mass is 16.5. The molecule has 0 fully saturated rings. The Bertz CT molecular complexity index is 747. The van der Waals surface area contributed by atoms with E-state index in [0.29, 0.717) is 11.4 Å². The molecule has 1 heterocycles. The number of hydrogen-bond donors (Lipinski definition) is 1. The molecule has 108 valence electrons. The van der Waals surface area contributed by atoms with E-state index in [4.69, 9.17) is 15.3 Å². The molecule has 0 saturated heterocycles. The van der Waals surface area contributed by atoms with Gasteiger partial charge in [-0.3, -0.25) is 5.43 Å². The first-order valence-corrected chi connectivity index (χ1v) is 6.35. The van der Waals surface area contributed by atoms with Crippen molar-refractivity contribution in [2.75, 3.05) is 5.43 Å². The molecule has 0 unspecified atom stereocenters. The number of nitrogens with one attached hydrogen (secondary N) is 1. The third-order valence-corrected chi connectivity index (χ3v) is 2.53. The van der Waals surface area contributed by atoms with Gasteiger partial charge in [-0.1, -0.05) is 0 Å². The first-order chi connectivity index (χ1) is 10.6. The zero-order valence-corrected chi connectivity index (χ0v) is 12.0. The lowest BCUT2D eigenvalue weighted by atomic mass is 10.3. The Morgan fingerprint density at radius 2 is 1.68 bits per heavy atom. The smallest absolute Gasteiger partial charge is 0.322 e. The molecular weight excluding hydrogens is 280 g/mol. The quantitative estimate of drug-likeness (QED) is 0.685. The Labute approximate surface area is 127 Å². The molecule has 7 heteroatoms. The molecule has 0 saturated carbocycles. The fourth-order valence-corrected chi connectivity index (χ4v) is 1.64. The Kier molecular flexibility index (Phi) is 4.63. The number of nitriles is 2. The average Bonchev–Trinajstić information content (AvgIpc) is 2.49. The van der Waals surface area contributed by atoms with Gasteiger partial charge >= 0.3 is 6.01 Å². The van der Waals surface area contributed by atoms with Gasteiger partial charge in [0.2, 0.25) is 5.71 Å². The zero-order chi connectivity index (χ0) is 15.9. The van der Waals surface area contributed by atoms with Crippen LogP contribution >= 0.6 is 0 Å². The molecule has 1 aromatic heterocycles. The van der Waals surface area contributed by atoms with Gasteiger partial charge in [0.15, 0.2) is 0 Å². The highest BCUT2D eigenvalue weighted by Crippen LogP contribution is 2.20. The molecule has 0 aliphatic carbocycles. The number of nitrogens with zero attached hydrogens (tertiary/aromatic N) is 5. The number of rotatable bonds is 4. The largest absolute Gasteiger partial charge is 0.424 e. The zero-order valence-electron chi connectivity index (χ0n) is 12.0. The van der Waals surface area contributed by atoms with Gasteiger partial charge in [-0.05, 0) is 44.2 Å². The number of benzene rings is 1. The summed E-state index contributed by atoms with van der Waals surface area (Å²) in [6.07, 6.45) is 0. The molecule has 2 rings (SSSR count). The highest BCUT2D eigenvalue weighted by Gasteiger charge is 2.03. The summed E-state index contributed by atoms with van der Waals surface area (Å²) in [5, 5.41) is 20.8. The van der Waals surface area contributed by atoms with Crippen molar-refractivity contribution in [1.29, 1.82) is 10.5 Å². The second-order valence-electron chi connectivity index (χ2n) is 4.36. The van der Waals surface area contributed by atoms with E-state index in [0.717, 1.165) is 11.4 Å². The molecule has 0 aliphatic heterocycles. The van der Waals surface area contributed by atoms with Gasteiger partial charge in [0.25, 0.3) is 0 Å². The maximum absolute atomic E-state index is 8.58. The lowest BCUT2D eigenvalue weighted by Gasteiger charge is -2.06. The molecule has 1 aromatic carbocycles. The standard InChI is InChI=1S/C15H12N6O/c1-10-7-11(2)19-15(18-10)22-14-5-3-12(4-6-14)20-21-13(8-16)9-17/h3-7,20H,1-2H3. The Morgan fingerprint density at radius 3 is 2.23 bits per heavy atom. The number of aromatic nitrogens is 2. The van der Waals surface area contributed by atoms with Crippen molar-refractivity contribution in [3.63, 3.8) is 0 Å². The summed E-state index contributed by atoms with van der Waals surface area (Å²) < 4.78 is 5.57. The van der Waals surface area contributed by atoms with Crippen molar-refractivity contribution >= 4 is 11.4 Å². The topological polar surface area (TPSA) is 107 Å². The van der Waals surface area contributed by atoms with Crippen LogP contribution in [-0.4, -0.2) is 15.7 Å². The summed E-state index contributed by atoms with van der Waals surface area (Å²) in [4.78, 5) is 8.38. The van der Waals surface area contributed by atoms with Gasteiger partial charge in [-0.15, -0.1) is 0 Å². The molecule has 0 atom stereocenters. The second kappa shape index (κ2) is 6.82. The van der Waals surface area contributed by atoms with Gasteiger partial charge in [0.1, 0.15) is 17.9 Å². The van der Waals surface area contributed by atoms with Crippen LogP contribution in [0.25, 0.3) is 0 Å². The second-order valence-corrected chi connectivity index (χ2v) is 4.36. The van der Waals surface area contributed by atoms with E-state index in [-0.39, 0.29) is 11.7 Å². The fourth-order valence-electron chi connectivity index (χ4n) is 1.64. The van der Waals surface area contributed by atoms with Gasteiger partial charge in [-0.25, -0.2) is 9.97 Å². The minimum Gasteiger partial charge on any atom is -0.424 e. The van der Waals surface area contributed by atoms with Crippen molar-refractivity contribution in [3.8, 4) is 23.9 Å². The molecule has 22 heavy (non-hydrogen) atoms. The van der Waals surface area contributed by atoms with Crippen LogP contribution in [0.2, 0.25) is 0 Å². The molecule has 0 radical (unpaired) electrons. The number of ether oxygens (including phenoxy) is 1. The van der Waals surface area contributed by atoms with Crippen molar-refractivity contribution in [2.24, 2.45) is 5.10 Å². The third-order valence-electron chi connectivity index (χ3n) is 2.53. The maximum atomic E-state index is 8.58. The van der Waals surface area contributed by atoms with Crippen LogP contribution in [0.3, 0.4) is 0 Å². The van der Waals surface area contributed by atoms with Gasteiger partial charge in [-0.2, -0.15) is 15.6 Å². The summed E-state index contributed by atoms with van der Waals surface area (Å²) in [5.74, 6) is 0.570. The Morgan fingerprint density at radius 1 is 1.09 bits per heavy atom. The molecule has 1 N–H and O–H groups in total. The first kappa shape index (κ1) is 14.9. The van der Waals surface area contributed by atoms with Crippen LogP contribution in [0.5, 0.6) is 11.8 Å². The molecule has 0 spiro atoms. The van der Waals surface area contributed by atoms with Gasteiger partial charge in [0.05, 0.1) is 5.69 Å². The van der Waals surface area contributed by atoms with Crippen molar-refractivity contribution in [2.45, 2.75) is 13.8 Å². The molecule has 0 amide bonds. The normalized spacial score (nSPS) is 9.27. The summed E-state index contributed by atoms with van der Waals surface area (Å²) >= 11 is 0. The molecule has 2 aromatic rings. The number of hydrazone groups is 1. The van der Waals surface area contributed by atoms with Crippen molar-refractivity contribution in [1.82, 2.24) is 9.97 Å². The monoisotopic (exact) mass is 292 g/mol. The average molecular weight is 292 g/mol.